The van der Waals surface area contributed by atoms with Crippen LogP contribution in [0.5, 0.6) is 0 Å². The predicted molar refractivity (Wildman–Crippen MR) is 168 cm³/mol. The Labute approximate surface area is 252 Å². The summed E-state index contributed by atoms with van der Waals surface area (Å²) in [5.41, 5.74) is 0. The van der Waals surface area contributed by atoms with Crippen LogP contribution in [0.2, 0.25) is 0 Å². The summed E-state index contributed by atoms with van der Waals surface area (Å²) in [5.74, 6) is -1.29. The van der Waals surface area contributed by atoms with Crippen molar-refractivity contribution in [3.8, 4) is 0 Å². The van der Waals surface area contributed by atoms with Crippen LogP contribution in [0.25, 0.3) is 0 Å². The zero-order valence-electron chi connectivity index (χ0n) is 26.9. The molecule has 7 nitrogen and oxygen atoms in total. The van der Waals surface area contributed by atoms with Gasteiger partial charge in [0.2, 0.25) is 0 Å². The maximum Gasteiger partial charge on any atom is 0.307 e. The van der Waals surface area contributed by atoms with Crippen LogP contribution < -0.4 is 0 Å². The SMILES string of the molecule is CCCCCCCCCCCCOC(=O)CCN(CCCC(=O)O)CCC(=O)OCCCCCCCCCCCC. The number of rotatable bonds is 32. The van der Waals surface area contributed by atoms with Gasteiger partial charge in [-0.15, -0.1) is 0 Å². The van der Waals surface area contributed by atoms with Crippen molar-refractivity contribution in [2.75, 3.05) is 32.8 Å². The maximum absolute atomic E-state index is 12.2. The molecule has 0 aromatic carbocycles. The highest BCUT2D eigenvalue weighted by Gasteiger charge is 2.13. The molecule has 0 rings (SSSR count). The third-order valence-electron chi connectivity index (χ3n) is 7.65. The van der Waals surface area contributed by atoms with Gasteiger partial charge in [-0.2, -0.15) is 0 Å². The van der Waals surface area contributed by atoms with Crippen molar-refractivity contribution >= 4 is 17.9 Å². The molecule has 1 N–H and O–H groups in total. The molecule has 7 heteroatoms. The van der Waals surface area contributed by atoms with Crippen LogP contribution in [0.3, 0.4) is 0 Å². The highest BCUT2D eigenvalue weighted by molar-refractivity contribution is 5.70. The van der Waals surface area contributed by atoms with E-state index in [1.165, 1.54) is 103 Å². The van der Waals surface area contributed by atoms with E-state index < -0.39 is 5.97 Å². The topological polar surface area (TPSA) is 93.1 Å². The monoisotopic (exact) mass is 583 g/mol. The Bertz CT molecular complexity index is 570. The first-order valence-corrected chi connectivity index (χ1v) is 17.2. The fourth-order valence-electron chi connectivity index (χ4n) is 4.98. The Kier molecular flexibility index (Phi) is 30.1. The van der Waals surface area contributed by atoms with E-state index in [4.69, 9.17) is 14.6 Å². The van der Waals surface area contributed by atoms with Gasteiger partial charge in [-0.3, -0.25) is 14.4 Å². The number of carbonyl (C=O) groups excluding carboxylic acids is 2. The first-order valence-electron chi connectivity index (χ1n) is 17.2. The fourth-order valence-corrected chi connectivity index (χ4v) is 4.98. The van der Waals surface area contributed by atoms with Crippen molar-refractivity contribution in [3.05, 3.63) is 0 Å². The number of carboxylic acids is 1. The van der Waals surface area contributed by atoms with E-state index in [1.54, 1.807) is 0 Å². The number of nitrogens with zero attached hydrogens (tertiary/aromatic N) is 1. The minimum Gasteiger partial charge on any atom is -0.481 e. The molecule has 0 aliphatic heterocycles. The Hall–Kier alpha value is -1.63. The highest BCUT2D eigenvalue weighted by atomic mass is 16.5. The summed E-state index contributed by atoms with van der Waals surface area (Å²) in [6, 6.07) is 0. The molecule has 0 aliphatic rings. The van der Waals surface area contributed by atoms with E-state index in [2.05, 4.69) is 13.8 Å². The summed E-state index contributed by atoms with van der Waals surface area (Å²) in [4.78, 5) is 37.3. The van der Waals surface area contributed by atoms with Crippen LogP contribution >= 0.6 is 0 Å². The lowest BCUT2D eigenvalue weighted by molar-refractivity contribution is -0.144. The second-order valence-electron chi connectivity index (χ2n) is 11.6. The Morgan fingerprint density at radius 2 is 0.805 bits per heavy atom. The smallest absolute Gasteiger partial charge is 0.307 e. The summed E-state index contributed by atoms with van der Waals surface area (Å²) in [6.45, 7) is 6.85. The van der Waals surface area contributed by atoms with E-state index in [0.717, 1.165) is 25.7 Å². The van der Waals surface area contributed by atoms with Gasteiger partial charge < -0.3 is 19.5 Å². The van der Waals surface area contributed by atoms with Crippen LogP contribution in [0.1, 0.15) is 168 Å². The first-order chi connectivity index (χ1) is 20.0. The number of esters is 2. The van der Waals surface area contributed by atoms with Gasteiger partial charge in [0.05, 0.1) is 26.1 Å². The number of aliphatic carboxylic acids is 1. The summed E-state index contributed by atoms with van der Waals surface area (Å²) in [6.07, 6.45) is 25.8. The normalized spacial score (nSPS) is 11.2. The number of hydrogen-bond donors (Lipinski definition) is 1. The van der Waals surface area contributed by atoms with E-state index in [-0.39, 0.29) is 31.2 Å². The average molecular weight is 584 g/mol. The lowest BCUT2D eigenvalue weighted by Crippen LogP contribution is -2.31. The predicted octanol–water partition coefficient (Wildman–Crippen LogP) is 8.86. The Morgan fingerprint density at radius 3 is 1.15 bits per heavy atom. The number of ether oxygens (including phenoxy) is 2. The third kappa shape index (κ3) is 31.1. The van der Waals surface area contributed by atoms with Crippen molar-refractivity contribution in [3.63, 3.8) is 0 Å². The van der Waals surface area contributed by atoms with Crippen molar-refractivity contribution in [1.82, 2.24) is 4.90 Å². The standard InChI is InChI=1S/C34H65NO6/c1-3-5-7-9-11-13-15-17-19-21-30-40-33(38)25-28-35(27-23-24-32(36)37)29-26-34(39)41-31-22-20-18-16-14-12-10-8-6-4-2/h3-31H2,1-2H3,(H,36,37). The van der Waals surface area contributed by atoms with Crippen LogP contribution in [0.4, 0.5) is 0 Å². The van der Waals surface area contributed by atoms with E-state index in [9.17, 15) is 14.4 Å². The molecule has 0 aromatic rings. The van der Waals surface area contributed by atoms with Gasteiger partial charge >= 0.3 is 17.9 Å². The number of hydrogen-bond acceptors (Lipinski definition) is 6. The van der Waals surface area contributed by atoms with Gasteiger partial charge in [-0.25, -0.2) is 0 Å². The molecule has 0 atom stereocenters. The number of carbonyl (C=O) groups is 3. The van der Waals surface area contributed by atoms with Gasteiger partial charge in [0.25, 0.3) is 0 Å². The third-order valence-corrected chi connectivity index (χ3v) is 7.65. The fraction of sp³-hybridized carbons (Fsp3) is 0.912. The van der Waals surface area contributed by atoms with Gasteiger partial charge in [-0.05, 0) is 25.8 Å². The summed E-state index contributed by atoms with van der Waals surface area (Å²) >= 11 is 0. The molecular formula is C34H65NO6. The molecule has 0 radical (unpaired) electrons. The second-order valence-corrected chi connectivity index (χ2v) is 11.6. The molecule has 0 aromatic heterocycles. The largest absolute Gasteiger partial charge is 0.481 e. The van der Waals surface area contributed by atoms with Crippen molar-refractivity contribution in [2.45, 2.75) is 168 Å². The molecule has 0 spiro atoms. The van der Waals surface area contributed by atoms with Gasteiger partial charge in [0.15, 0.2) is 0 Å². The van der Waals surface area contributed by atoms with Crippen LogP contribution in [0.15, 0.2) is 0 Å². The molecule has 0 aliphatic carbocycles. The molecule has 0 unspecified atom stereocenters. The van der Waals surface area contributed by atoms with E-state index in [1.807, 2.05) is 4.90 Å². The maximum atomic E-state index is 12.2. The minimum atomic E-state index is -0.836. The molecular weight excluding hydrogens is 518 g/mol. The molecule has 0 saturated heterocycles. The summed E-state index contributed by atoms with van der Waals surface area (Å²) in [5, 5.41) is 8.96. The van der Waals surface area contributed by atoms with Crippen molar-refractivity contribution < 1.29 is 29.0 Å². The van der Waals surface area contributed by atoms with Crippen molar-refractivity contribution in [1.29, 1.82) is 0 Å². The van der Waals surface area contributed by atoms with E-state index in [0.29, 0.717) is 39.3 Å². The molecule has 0 fully saturated rings. The zero-order valence-corrected chi connectivity index (χ0v) is 26.9. The lowest BCUT2D eigenvalue weighted by Gasteiger charge is -2.21. The Balaban J connectivity index is 3.95. The summed E-state index contributed by atoms with van der Waals surface area (Å²) in [7, 11) is 0. The molecule has 41 heavy (non-hydrogen) atoms. The van der Waals surface area contributed by atoms with E-state index >= 15 is 0 Å². The minimum absolute atomic E-state index is 0.0723. The summed E-state index contributed by atoms with van der Waals surface area (Å²) < 4.78 is 10.8. The molecule has 0 amide bonds. The molecule has 0 heterocycles. The van der Waals surface area contributed by atoms with Gasteiger partial charge in [-0.1, -0.05) is 129 Å². The average Bonchev–Trinajstić information content (AvgIpc) is 2.95. The zero-order chi connectivity index (χ0) is 30.2. The number of carboxylic acid groups (broad SMARTS) is 1. The van der Waals surface area contributed by atoms with Crippen LogP contribution in [0, 0.1) is 0 Å². The quantitative estimate of drug-likeness (QED) is 0.0624. The van der Waals surface area contributed by atoms with Gasteiger partial charge in [0.1, 0.15) is 0 Å². The second kappa shape index (κ2) is 31.3. The number of unbranched alkanes of at least 4 members (excludes halogenated alkanes) is 18. The molecule has 0 bridgehead atoms. The molecule has 242 valence electrons. The first kappa shape index (κ1) is 39.4. The lowest BCUT2D eigenvalue weighted by atomic mass is 10.1. The van der Waals surface area contributed by atoms with Crippen molar-refractivity contribution in [2.24, 2.45) is 0 Å². The van der Waals surface area contributed by atoms with Gasteiger partial charge in [0, 0.05) is 19.5 Å². The van der Waals surface area contributed by atoms with Crippen LogP contribution in [-0.2, 0) is 23.9 Å². The highest BCUT2D eigenvalue weighted by Crippen LogP contribution is 2.12. The van der Waals surface area contributed by atoms with Crippen LogP contribution in [-0.4, -0.2) is 60.8 Å². The molecule has 0 saturated carbocycles. The Morgan fingerprint density at radius 1 is 0.463 bits per heavy atom.